The van der Waals surface area contributed by atoms with Crippen LogP contribution in [0.1, 0.15) is 12.8 Å². The standard InChI is InChI=1S/C6H11IO/c7-4-6-2-1-3-8-5-6/h6H,1-5H2/t6-/m0/s1. The minimum Gasteiger partial charge on any atom is -0.381 e. The highest BCUT2D eigenvalue weighted by molar-refractivity contribution is 14.1. The molecule has 1 atom stereocenters. The van der Waals surface area contributed by atoms with Crippen molar-refractivity contribution in [1.82, 2.24) is 0 Å². The third kappa shape index (κ3) is 1.90. The zero-order valence-electron chi connectivity index (χ0n) is 4.90. The molecule has 1 rings (SSSR count). The van der Waals surface area contributed by atoms with Crippen molar-refractivity contribution in [2.45, 2.75) is 12.8 Å². The Balaban J connectivity index is 2.13. The first-order valence-corrected chi connectivity index (χ1v) is 4.59. The van der Waals surface area contributed by atoms with Crippen molar-refractivity contribution in [3.8, 4) is 0 Å². The van der Waals surface area contributed by atoms with Gasteiger partial charge in [-0.25, -0.2) is 0 Å². The van der Waals surface area contributed by atoms with Gasteiger partial charge in [-0.3, -0.25) is 0 Å². The summed E-state index contributed by atoms with van der Waals surface area (Å²) in [5.74, 6) is 0.851. The van der Waals surface area contributed by atoms with Gasteiger partial charge in [-0.2, -0.15) is 0 Å². The van der Waals surface area contributed by atoms with Gasteiger partial charge >= 0.3 is 0 Å². The Morgan fingerprint density at radius 3 is 2.88 bits per heavy atom. The number of hydrogen-bond donors (Lipinski definition) is 0. The van der Waals surface area contributed by atoms with Crippen molar-refractivity contribution in [2.75, 3.05) is 17.6 Å². The number of rotatable bonds is 1. The SMILES string of the molecule is IC[C@@H]1CCCOC1. The van der Waals surface area contributed by atoms with Crippen molar-refractivity contribution >= 4 is 22.6 Å². The zero-order valence-corrected chi connectivity index (χ0v) is 7.06. The van der Waals surface area contributed by atoms with E-state index in [0.29, 0.717) is 0 Å². The fourth-order valence-electron chi connectivity index (χ4n) is 0.929. The molecule has 0 aromatic carbocycles. The first kappa shape index (κ1) is 6.81. The van der Waals surface area contributed by atoms with Crippen LogP contribution < -0.4 is 0 Å². The monoisotopic (exact) mass is 226 g/mol. The molecule has 0 saturated carbocycles. The molecule has 1 nitrogen and oxygen atoms in total. The molecule has 0 radical (unpaired) electrons. The summed E-state index contributed by atoms with van der Waals surface area (Å²) in [5.41, 5.74) is 0. The molecule has 0 unspecified atom stereocenters. The van der Waals surface area contributed by atoms with E-state index < -0.39 is 0 Å². The highest BCUT2D eigenvalue weighted by Crippen LogP contribution is 2.14. The van der Waals surface area contributed by atoms with Gasteiger partial charge in [0.1, 0.15) is 0 Å². The van der Waals surface area contributed by atoms with Crippen molar-refractivity contribution in [3.05, 3.63) is 0 Å². The Morgan fingerprint density at radius 1 is 1.62 bits per heavy atom. The molecule has 0 aromatic heterocycles. The zero-order chi connectivity index (χ0) is 5.82. The summed E-state index contributed by atoms with van der Waals surface area (Å²) in [6.07, 6.45) is 2.65. The molecule has 0 spiro atoms. The number of alkyl halides is 1. The van der Waals surface area contributed by atoms with Crippen LogP contribution in [0.4, 0.5) is 0 Å². The highest BCUT2D eigenvalue weighted by atomic mass is 127. The Morgan fingerprint density at radius 2 is 2.50 bits per heavy atom. The molecule has 0 amide bonds. The maximum atomic E-state index is 5.27. The Hall–Kier alpha value is 0.690. The molecule has 0 N–H and O–H groups in total. The van der Waals surface area contributed by atoms with E-state index in [1.807, 2.05) is 0 Å². The van der Waals surface area contributed by atoms with Gasteiger partial charge in [-0.15, -0.1) is 0 Å². The van der Waals surface area contributed by atoms with Crippen molar-refractivity contribution in [3.63, 3.8) is 0 Å². The average Bonchev–Trinajstić information content (AvgIpc) is 1.90. The third-order valence-electron chi connectivity index (χ3n) is 1.47. The van der Waals surface area contributed by atoms with E-state index in [2.05, 4.69) is 22.6 Å². The molecular formula is C6H11IO. The minimum absolute atomic E-state index is 0.851. The maximum absolute atomic E-state index is 5.27. The van der Waals surface area contributed by atoms with Crippen molar-refractivity contribution in [1.29, 1.82) is 0 Å². The third-order valence-corrected chi connectivity index (χ3v) is 2.72. The molecule has 0 aromatic rings. The predicted octanol–water partition coefficient (Wildman–Crippen LogP) is 1.85. The molecule has 2 heteroatoms. The lowest BCUT2D eigenvalue weighted by Crippen LogP contribution is -2.17. The Labute approximate surface area is 63.9 Å². The molecule has 48 valence electrons. The second kappa shape index (κ2) is 3.67. The van der Waals surface area contributed by atoms with Crippen LogP contribution in [0.2, 0.25) is 0 Å². The second-order valence-corrected chi connectivity index (χ2v) is 3.12. The topological polar surface area (TPSA) is 9.23 Å². The molecule has 1 aliphatic rings. The summed E-state index contributed by atoms with van der Waals surface area (Å²) in [7, 11) is 0. The largest absolute Gasteiger partial charge is 0.381 e. The van der Waals surface area contributed by atoms with E-state index in [1.54, 1.807) is 0 Å². The van der Waals surface area contributed by atoms with Gasteiger partial charge in [0.05, 0.1) is 6.61 Å². The molecule has 1 heterocycles. The van der Waals surface area contributed by atoms with E-state index >= 15 is 0 Å². The van der Waals surface area contributed by atoms with Gasteiger partial charge in [0.15, 0.2) is 0 Å². The fraction of sp³-hybridized carbons (Fsp3) is 1.00. The van der Waals surface area contributed by atoms with E-state index in [-0.39, 0.29) is 0 Å². The molecule has 8 heavy (non-hydrogen) atoms. The molecule has 1 aliphatic heterocycles. The van der Waals surface area contributed by atoms with Crippen molar-refractivity contribution < 1.29 is 4.74 Å². The van der Waals surface area contributed by atoms with Crippen LogP contribution in [0, 0.1) is 5.92 Å². The van der Waals surface area contributed by atoms with Crippen LogP contribution in [0.25, 0.3) is 0 Å². The van der Waals surface area contributed by atoms with Crippen LogP contribution >= 0.6 is 22.6 Å². The van der Waals surface area contributed by atoms with E-state index in [0.717, 1.165) is 19.1 Å². The van der Waals surface area contributed by atoms with Gasteiger partial charge in [-0.1, -0.05) is 22.6 Å². The summed E-state index contributed by atoms with van der Waals surface area (Å²) in [6, 6.07) is 0. The summed E-state index contributed by atoms with van der Waals surface area (Å²) < 4.78 is 6.53. The fourth-order valence-corrected chi connectivity index (χ4v) is 1.62. The summed E-state index contributed by atoms with van der Waals surface area (Å²) in [6.45, 7) is 2.00. The average molecular weight is 226 g/mol. The number of hydrogen-bond acceptors (Lipinski definition) is 1. The van der Waals surface area contributed by atoms with Crippen LogP contribution in [0.5, 0.6) is 0 Å². The molecule has 1 fully saturated rings. The molecule has 0 bridgehead atoms. The summed E-state index contributed by atoms with van der Waals surface area (Å²) >= 11 is 2.43. The minimum atomic E-state index is 0.851. The first-order valence-electron chi connectivity index (χ1n) is 3.07. The van der Waals surface area contributed by atoms with Gasteiger partial charge in [0.2, 0.25) is 0 Å². The molecule has 0 aliphatic carbocycles. The van der Waals surface area contributed by atoms with Crippen LogP contribution in [-0.2, 0) is 4.74 Å². The van der Waals surface area contributed by atoms with Crippen LogP contribution in [0.3, 0.4) is 0 Å². The number of halogens is 1. The van der Waals surface area contributed by atoms with E-state index in [1.165, 1.54) is 17.3 Å². The maximum Gasteiger partial charge on any atom is 0.0501 e. The van der Waals surface area contributed by atoms with Gasteiger partial charge in [0, 0.05) is 11.0 Å². The lowest BCUT2D eigenvalue weighted by atomic mass is 10.1. The van der Waals surface area contributed by atoms with Gasteiger partial charge < -0.3 is 4.74 Å². The summed E-state index contributed by atoms with van der Waals surface area (Å²) in [4.78, 5) is 0. The van der Waals surface area contributed by atoms with E-state index in [9.17, 15) is 0 Å². The lowest BCUT2D eigenvalue weighted by Gasteiger charge is -2.19. The summed E-state index contributed by atoms with van der Waals surface area (Å²) in [5, 5.41) is 0. The van der Waals surface area contributed by atoms with Gasteiger partial charge in [-0.05, 0) is 18.8 Å². The number of ether oxygens (including phenoxy) is 1. The van der Waals surface area contributed by atoms with Gasteiger partial charge in [0.25, 0.3) is 0 Å². The normalized spacial score (nSPS) is 30.4. The van der Waals surface area contributed by atoms with Crippen LogP contribution in [0.15, 0.2) is 0 Å². The first-order chi connectivity index (χ1) is 3.93. The highest BCUT2D eigenvalue weighted by Gasteiger charge is 2.10. The van der Waals surface area contributed by atoms with Crippen molar-refractivity contribution in [2.24, 2.45) is 5.92 Å². The lowest BCUT2D eigenvalue weighted by molar-refractivity contribution is 0.0642. The smallest absolute Gasteiger partial charge is 0.0501 e. The van der Waals surface area contributed by atoms with Crippen LogP contribution in [-0.4, -0.2) is 17.6 Å². The quantitative estimate of drug-likeness (QED) is 0.489. The second-order valence-electron chi connectivity index (χ2n) is 2.24. The Kier molecular flexibility index (Phi) is 3.12. The molecular weight excluding hydrogens is 215 g/mol. The Bertz CT molecular complexity index is 59.5. The molecule has 1 saturated heterocycles. The van der Waals surface area contributed by atoms with E-state index in [4.69, 9.17) is 4.74 Å². The predicted molar refractivity (Wildman–Crippen MR) is 42.4 cm³/mol.